The molecule has 0 heterocycles. The molecule has 36 heavy (non-hydrogen) atoms. The largest absolute Gasteiger partial charge is 1.00 e. The average molecular weight is 587 g/mol. The zero-order valence-corrected chi connectivity index (χ0v) is 24.5. The van der Waals surface area contributed by atoms with Crippen LogP contribution < -0.4 is 24.8 Å². The second-order valence-electron chi connectivity index (χ2n) is 8.51. The zero-order chi connectivity index (χ0) is 23.8. The second kappa shape index (κ2) is 15.1. The van der Waals surface area contributed by atoms with Gasteiger partial charge < -0.3 is 24.8 Å². The Hall–Kier alpha value is -2.31. The van der Waals surface area contributed by atoms with Crippen LogP contribution in [0.4, 0.5) is 0 Å². The first-order valence-electron chi connectivity index (χ1n) is 11.6. The van der Waals surface area contributed by atoms with Crippen LogP contribution >= 0.6 is 0 Å². The third-order valence-corrected chi connectivity index (χ3v) is 7.24. The molecule has 2 aliphatic carbocycles. The van der Waals surface area contributed by atoms with E-state index in [2.05, 4.69) is 117 Å². The maximum atomic E-state index is 3.30. The minimum absolute atomic E-state index is 0. The van der Waals surface area contributed by atoms with E-state index in [1.807, 2.05) is 18.2 Å². The van der Waals surface area contributed by atoms with Gasteiger partial charge in [0, 0.05) is 0 Å². The molecule has 0 saturated carbocycles. The normalized spacial score (nSPS) is 11.4. The summed E-state index contributed by atoms with van der Waals surface area (Å²) in [5, 5.41) is 0. The van der Waals surface area contributed by atoms with Crippen molar-refractivity contribution in [2.75, 3.05) is 0 Å². The van der Waals surface area contributed by atoms with E-state index in [-0.39, 0.29) is 24.8 Å². The van der Waals surface area contributed by atoms with Gasteiger partial charge in [-0.15, -0.1) is 12.0 Å². The zero-order valence-electron chi connectivity index (χ0n) is 20.6. The molecule has 0 aliphatic heterocycles. The number of hydrogen-bond donors (Lipinski definition) is 0. The summed E-state index contributed by atoms with van der Waals surface area (Å²) in [6, 6.07) is 35.6. The Morgan fingerprint density at radius 3 is 1.94 bits per heavy atom. The Labute approximate surface area is 243 Å². The summed E-state index contributed by atoms with van der Waals surface area (Å²) in [4.78, 5) is 0. The van der Waals surface area contributed by atoms with Gasteiger partial charge >= 0.3 is 112 Å². The minimum Gasteiger partial charge on any atom is -1.00 e. The summed E-state index contributed by atoms with van der Waals surface area (Å²) < 4.78 is 1.43. The smallest absolute Gasteiger partial charge is 0.0253 e. The molecule has 0 aromatic heterocycles. The van der Waals surface area contributed by atoms with Crippen molar-refractivity contribution in [3.05, 3.63) is 155 Å². The van der Waals surface area contributed by atoms with Gasteiger partial charge in [-0.05, 0) is 6.42 Å². The van der Waals surface area contributed by atoms with Crippen molar-refractivity contribution in [3.63, 3.8) is 0 Å². The van der Waals surface area contributed by atoms with E-state index in [1.54, 1.807) is 0 Å². The van der Waals surface area contributed by atoms with Gasteiger partial charge in [0.1, 0.15) is 0 Å². The third-order valence-electron chi connectivity index (χ3n) is 5.82. The van der Waals surface area contributed by atoms with Crippen molar-refractivity contribution in [1.82, 2.24) is 0 Å². The topological polar surface area (TPSA) is 0 Å². The van der Waals surface area contributed by atoms with Crippen molar-refractivity contribution >= 4 is 3.21 Å². The fraction of sp³-hybridized carbons (Fsp3) is 0.121. The number of hydrogen-bond acceptors (Lipinski definition) is 0. The van der Waals surface area contributed by atoms with Crippen molar-refractivity contribution < 1.29 is 49.0 Å². The van der Waals surface area contributed by atoms with Crippen LogP contribution in [0.2, 0.25) is 0 Å². The molecule has 6 rings (SSSR count). The van der Waals surface area contributed by atoms with Gasteiger partial charge in [0.2, 0.25) is 0 Å². The molecule has 0 atom stereocenters. The van der Waals surface area contributed by atoms with Crippen LogP contribution in [0.25, 0.3) is 11.1 Å². The molecule has 4 aromatic rings. The summed E-state index contributed by atoms with van der Waals surface area (Å²) in [5.41, 5.74) is 10.9. The van der Waals surface area contributed by atoms with Gasteiger partial charge in [-0.3, -0.25) is 6.08 Å². The first-order chi connectivity index (χ1) is 16.6. The molecule has 0 fully saturated rings. The molecule has 0 saturated heterocycles. The van der Waals surface area contributed by atoms with Crippen LogP contribution in [0.15, 0.2) is 109 Å². The number of rotatable bonds is 2. The molecule has 3 heteroatoms. The Kier molecular flexibility index (Phi) is 12.5. The number of aryl methyl sites for hydroxylation is 2. The average Bonchev–Trinajstić information content (AvgIpc) is 3.56. The van der Waals surface area contributed by atoms with Crippen LogP contribution in [0.3, 0.4) is 0 Å². The maximum Gasteiger partial charge on any atom is -0.0253 e. The molecule has 0 N–H and O–H groups in total. The Morgan fingerprint density at radius 1 is 0.750 bits per heavy atom. The number of benzene rings is 4. The van der Waals surface area contributed by atoms with Gasteiger partial charge in [-0.1, -0.05) is 35.4 Å². The fourth-order valence-electron chi connectivity index (χ4n) is 4.11. The van der Waals surface area contributed by atoms with Crippen molar-refractivity contribution in [3.8, 4) is 11.1 Å². The Morgan fingerprint density at radius 2 is 1.39 bits per heavy atom. The SMILES string of the molecule is Cc1cccc([C](=[Zr+2])c2cccc(C)c2)c1.[C-]1=CC=CC1.[Cl-].[Cl-].[c-]1cccc2c1Cc1ccccc1-2. The van der Waals surface area contributed by atoms with Gasteiger partial charge in [0.15, 0.2) is 0 Å². The van der Waals surface area contributed by atoms with E-state index in [4.69, 9.17) is 0 Å². The first kappa shape index (κ1) is 29.9. The van der Waals surface area contributed by atoms with E-state index in [9.17, 15) is 0 Å². The summed E-state index contributed by atoms with van der Waals surface area (Å²) in [6.45, 7) is 4.28. The van der Waals surface area contributed by atoms with Crippen LogP contribution in [0.1, 0.15) is 39.8 Å². The van der Waals surface area contributed by atoms with E-state index < -0.39 is 0 Å². The van der Waals surface area contributed by atoms with Crippen molar-refractivity contribution in [1.29, 1.82) is 0 Å². The summed E-state index contributed by atoms with van der Waals surface area (Å²) in [7, 11) is 0. The third kappa shape index (κ3) is 8.11. The monoisotopic (exact) mass is 584 g/mol. The predicted molar refractivity (Wildman–Crippen MR) is 141 cm³/mol. The van der Waals surface area contributed by atoms with E-state index >= 15 is 0 Å². The molecule has 0 nitrogen and oxygen atoms in total. The van der Waals surface area contributed by atoms with E-state index in [0.29, 0.717) is 0 Å². The van der Waals surface area contributed by atoms with Crippen LogP contribution in [-0.4, -0.2) is 3.21 Å². The number of fused-ring (bicyclic) bond motifs is 3. The van der Waals surface area contributed by atoms with Crippen LogP contribution in [0, 0.1) is 26.0 Å². The molecule has 4 aromatic carbocycles. The fourth-order valence-corrected chi connectivity index (χ4v) is 4.87. The molecular weight excluding hydrogens is 558 g/mol. The summed E-state index contributed by atoms with van der Waals surface area (Å²) in [5.74, 6) is 0. The Bertz CT molecular complexity index is 1250. The molecular formula is C33H28Cl2Zr-2. The van der Waals surface area contributed by atoms with E-state index in [0.717, 1.165) is 12.8 Å². The van der Waals surface area contributed by atoms with Crippen LogP contribution in [0.5, 0.6) is 0 Å². The Balaban J connectivity index is 0.000000205. The van der Waals surface area contributed by atoms with Gasteiger partial charge in [-0.25, -0.2) is 12.2 Å². The van der Waals surface area contributed by atoms with Gasteiger partial charge in [-0.2, -0.15) is 35.9 Å². The van der Waals surface area contributed by atoms with Crippen molar-refractivity contribution in [2.24, 2.45) is 0 Å². The number of halogens is 2. The first-order valence-corrected chi connectivity index (χ1v) is 12.9. The summed E-state index contributed by atoms with van der Waals surface area (Å²) >= 11 is 1.47. The van der Waals surface area contributed by atoms with Gasteiger partial charge in [0.05, 0.1) is 0 Å². The number of allylic oxidation sites excluding steroid dienone is 4. The summed E-state index contributed by atoms with van der Waals surface area (Å²) in [6.07, 6.45) is 11.0. The molecule has 0 spiro atoms. The van der Waals surface area contributed by atoms with Crippen molar-refractivity contribution in [2.45, 2.75) is 26.7 Å². The second-order valence-corrected chi connectivity index (χ2v) is 9.74. The minimum atomic E-state index is 0. The van der Waals surface area contributed by atoms with Gasteiger partial charge in [0.25, 0.3) is 0 Å². The van der Waals surface area contributed by atoms with E-state index in [1.165, 1.54) is 71.9 Å². The molecule has 0 unspecified atom stereocenters. The van der Waals surface area contributed by atoms with Crippen LogP contribution in [-0.2, 0) is 30.7 Å². The molecule has 2 aliphatic rings. The standard InChI is InChI=1S/C15H14.C13H9.C5H5.2ClH.Zr/c1-12-5-3-7-14(9-12)11-15-8-4-6-13(2)10-15;1-3-7-12-10(5-1)9-11-6-2-4-8-13(11)12;1-2-4-5-3-1;;;/h3-10H,1-2H3;1-5,7-8H,9H2;1-3H,4H2;2*1H;/q;2*-1;;;+2/p-2. The molecule has 180 valence electrons. The molecule has 0 amide bonds. The predicted octanol–water partition coefficient (Wildman–Crippen LogP) is 1.79. The maximum absolute atomic E-state index is 3.30. The molecule has 0 bridgehead atoms. The molecule has 0 radical (unpaired) electrons. The quantitative estimate of drug-likeness (QED) is 0.277.